The zero-order valence-corrected chi connectivity index (χ0v) is 24.5. The first-order chi connectivity index (χ1) is 18.7. The number of aliphatic hydroxyl groups is 1. The molecule has 2 unspecified atom stereocenters. The van der Waals surface area contributed by atoms with E-state index >= 15 is 0 Å². The topological polar surface area (TPSA) is 96.4 Å². The van der Waals surface area contributed by atoms with E-state index in [0.29, 0.717) is 38.8 Å². The number of unbranched alkanes of at least 4 members (excludes halogenated alkanes) is 3. The van der Waals surface area contributed by atoms with Gasteiger partial charge in [0.1, 0.15) is 17.6 Å². The van der Waals surface area contributed by atoms with Crippen molar-refractivity contribution in [3.63, 3.8) is 0 Å². The van der Waals surface area contributed by atoms with E-state index in [0.717, 1.165) is 32.1 Å². The van der Waals surface area contributed by atoms with Gasteiger partial charge in [-0.3, -0.25) is 14.4 Å². The van der Waals surface area contributed by atoms with Crippen LogP contribution in [0.15, 0.2) is 25.3 Å². The zero-order valence-electron chi connectivity index (χ0n) is 24.5. The molecule has 3 rings (SSSR count). The van der Waals surface area contributed by atoms with Crippen LogP contribution in [0.3, 0.4) is 0 Å². The molecule has 0 aromatic heterocycles. The van der Waals surface area contributed by atoms with Gasteiger partial charge in [0, 0.05) is 13.1 Å². The largest absolute Gasteiger partial charge is 0.465 e. The lowest BCUT2D eigenvalue weighted by atomic mass is 9.65. The van der Waals surface area contributed by atoms with Crippen LogP contribution in [0.5, 0.6) is 0 Å². The van der Waals surface area contributed by atoms with Crippen LogP contribution in [-0.4, -0.2) is 82.3 Å². The molecule has 3 fully saturated rings. The minimum atomic E-state index is -1.12. The van der Waals surface area contributed by atoms with E-state index in [9.17, 15) is 19.5 Å². The van der Waals surface area contributed by atoms with Gasteiger partial charge in [-0.15, -0.1) is 13.2 Å². The molecule has 1 spiro atoms. The summed E-state index contributed by atoms with van der Waals surface area (Å²) >= 11 is 0. The van der Waals surface area contributed by atoms with E-state index in [4.69, 9.17) is 9.47 Å². The Balaban J connectivity index is 2.04. The summed E-state index contributed by atoms with van der Waals surface area (Å²) in [5.41, 5.74) is -1.95. The average molecular weight is 547 g/mol. The number of esters is 1. The van der Waals surface area contributed by atoms with Crippen molar-refractivity contribution in [2.75, 3.05) is 26.3 Å². The molecule has 1 N–H and O–H groups in total. The lowest BCUT2D eigenvalue weighted by Crippen LogP contribution is -2.59. The van der Waals surface area contributed by atoms with Gasteiger partial charge in [-0.05, 0) is 57.3 Å². The fourth-order valence-corrected chi connectivity index (χ4v) is 7.13. The fraction of sp³-hybridized carbons (Fsp3) is 0.774. The molecule has 3 saturated heterocycles. The van der Waals surface area contributed by atoms with Crippen molar-refractivity contribution >= 4 is 17.8 Å². The second-order valence-electron chi connectivity index (χ2n) is 11.9. The van der Waals surface area contributed by atoms with E-state index in [2.05, 4.69) is 20.1 Å². The summed E-state index contributed by atoms with van der Waals surface area (Å²) in [6.07, 6.45) is 9.94. The molecular weight excluding hydrogens is 496 g/mol. The standard InChI is InChI=1S/C31H50N2O6/c1-7-11-13-14-19-38-29(37)25-24-27(35)33(23(21-34)20-22(5)6)26(28(36)32(17-9-3)18-12-8-2)31(24)16-15-30(25,10-4)39-31/h7,9,22-26,34H,1,3,8,10-21H2,2,4-6H3/t23-,24+,25+,26?,30-,31?/m1/s1. The first kappa shape index (κ1) is 31.3. The Kier molecular flexibility index (Phi) is 10.8. The number of likely N-dealkylation sites (tertiary alicyclic amines) is 1. The van der Waals surface area contributed by atoms with E-state index in [1.165, 1.54) is 0 Å². The maximum atomic E-state index is 14.4. The number of carbonyl (C=O) groups is 3. The number of fused-ring (bicyclic) bond motifs is 1. The molecule has 8 heteroatoms. The Morgan fingerprint density at radius 2 is 1.95 bits per heavy atom. The molecule has 0 saturated carbocycles. The van der Waals surface area contributed by atoms with Crippen molar-refractivity contribution in [3.8, 4) is 0 Å². The van der Waals surface area contributed by atoms with Crippen molar-refractivity contribution in [3.05, 3.63) is 25.3 Å². The zero-order chi connectivity index (χ0) is 28.8. The van der Waals surface area contributed by atoms with Gasteiger partial charge >= 0.3 is 5.97 Å². The van der Waals surface area contributed by atoms with Gasteiger partial charge in [0.2, 0.25) is 11.8 Å². The second kappa shape index (κ2) is 13.4. The van der Waals surface area contributed by atoms with Gasteiger partial charge in [0.15, 0.2) is 0 Å². The summed E-state index contributed by atoms with van der Waals surface area (Å²) < 4.78 is 12.6. The van der Waals surface area contributed by atoms with Crippen molar-refractivity contribution in [2.24, 2.45) is 17.8 Å². The Morgan fingerprint density at radius 1 is 1.21 bits per heavy atom. The van der Waals surface area contributed by atoms with Crippen LogP contribution >= 0.6 is 0 Å². The van der Waals surface area contributed by atoms with Crippen LogP contribution in [0.2, 0.25) is 0 Å². The molecule has 3 aliphatic heterocycles. The van der Waals surface area contributed by atoms with Crippen LogP contribution < -0.4 is 0 Å². The third-order valence-electron chi connectivity index (χ3n) is 8.94. The Hall–Kier alpha value is -2.19. The number of ether oxygens (including phenoxy) is 2. The van der Waals surface area contributed by atoms with Gasteiger partial charge < -0.3 is 24.4 Å². The first-order valence-electron chi connectivity index (χ1n) is 15.0. The van der Waals surface area contributed by atoms with Crippen LogP contribution in [0.25, 0.3) is 0 Å². The third-order valence-corrected chi connectivity index (χ3v) is 8.94. The average Bonchev–Trinajstić information content (AvgIpc) is 3.52. The van der Waals surface area contributed by atoms with Crippen LogP contribution in [0.4, 0.5) is 0 Å². The molecule has 0 aliphatic carbocycles. The lowest BCUT2D eigenvalue weighted by Gasteiger charge is -2.40. The smallest absolute Gasteiger partial charge is 0.312 e. The third kappa shape index (κ3) is 5.83. The van der Waals surface area contributed by atoms with Gasteiger partial charge in [-0.2, -0.15) is 0 Å². The van der Waals surface area contributed by atoms with Crippen molar-refractivity contribution < 1.29 is 29.0 Å². The number of carbonyl (C=O) groups excluding carboxylic acids is 3. The highest BCUT2D eigenvalue weighted by atomic mass is 16.6. The van der Waals surface area contributed by atoms with Crippen LogP contribution in [0, 0.1) is 17.8 Å². The SMILES string of the molecule is C=CCCCCOC(=O)[C@@H]1[C@H]2C(=O)N([C@@H](CO)CC(C)C)C(C(=O)N(CC=C)CCCC)C23CC[C@@]1(CC)O3. The van der Waals surface area contributed by atoms with Crippen LogP contribution in [0.1, 0.15) is 85.5 Å². The molecule has 0 aromatic carbocycles. The van der Waals surface area contributed by atoms with E-state index in [1.807, 2.05) is 26.8 Å². The molecule has 2 bridgehead atoms. The summed E-state index contributed by atoms with van der Waals surface area (Å²) in [4.78, 5) is 45.7. The van der Waals surface area contributed by atoms with E-state index < -0.39 is 41.1 Å². The molecule has 0 aromatic rings. The highest BCUT2D eigenvalue weighted by Crippen LogP contribution is 2.65. The number of amides is 2. The molecule has 220 valence electrons. The van der Waals surface area contributed by atoms with Gasteiger partial charge in [-0.1, -0.05) is 46.3 Å². The lowest BCUT2D eigenvalue weighted by molar-refractivity contribution is -0.164. The molecule has 8 nitrogen and oxygen atoms in total. The second-order valence-corrected chi connectivity index (χ2v) is 11.9. The molecule has 3 heterocycles. The van der Waals surface area contributed by atoms with Gasteiger partial charge in [0.25, 0.3) is 0 Å². The monoisotopic (exact) mass is 546 g/mol. The Labute approximate surface area is 234 Å². The molecule has 39 heavy (non-hydrogen) atoms. The van der Waals surface area contributed by atoms with Gasteiger partial charge in [0.05, 0.1) is 30.8 Å². The first-order valence-corrected chi connectivity index (χ1v) is 15.0. The number of rotatable bonds is 17. The quantitative estimate of drug-likeness (QED) is 0.166. The maximum absolute atomic E-state index is 14.4. The minimum Gasteiger partial charge on any atom is -0.465 e. The fourth-order valence-electron chi connectivity index (χ4n) is 7.13. The number of allylic oxidation sites excluding steroid dienone is 1. The summed E-state index contributed by atoms with van der Waals surface area (Å²) in [5, 5.41) is 10.5. The van der Waals surface area contributed by atoms with E-state index in [1.54, 1.807) is 15.9 Å². The summed E-state index contributed by atoms with van der Waals surface area (Å²) in [6.45, 7) is 16.6. The van der Waals surface area contributed by atoms with Crippen molar-refractivity contribution in [2.45, 2.75) is 109 Å². The van der Waals surface area contributed by atoms with Gasteiger partial charge in [-0.25, -0.2) is 0 Å². The van der Waals surface area contributed by atoms with Crippen molar-refractivity contribution in [1.82, 2.24) is 9.80 Å². The minimum absolute atomic E-state index is 0.188. The number of hydrogen-bond donors (Lipinski definition) is 1. The summed E-state index contributed by atoms with van der Waals surface area (Å²) in [7, 11) is 0. The van der Waals surface area contributed by atoms with E-state index in [-0.39, 0.29) is 30.9 Å². The maximum Gasteiger partial charge on any atom is 0.312 e. The highest BCUT2D eigenvalue weighted by molar-refractivity contribution is 5.98. The normalized spacial score (nSPS) is 29.9. The summed E-state index contributed by atoms with van der Waals surface area (Å²) in [5.74, 6) is -2.26. The highest BCUT2D eigenvalue weighted by Gasteiger charge is 2.79. The Morgan fingerprint density at radius 3 is 2.54 bits per heavy atom. The molecular formula is C31H50N2O6. The predicted octanol–water partition coefficient (Wildman–Crippen LogP) is 4.26. The Bertz CT molecular complexity index is 906. The number of aliphatic hydroxyl groups excluding tert-OH is 1. The predicted molar refractivity (Wildman–Crippen MR) is 151 cm³/mol. The number of nitrogens with zero attached hydrogens (tertiary/aromatic N) is 2. The van der Waals surface area contributed by atoms with Crippen LogP contribution in [-0.2, 0) is 23.9 Å². The molecule has 2 amide bonds. The summed E-state index contributed by atoms with van der Waals surface area (Å²) in [6, 6.07) is -1.44. The van der Waals surface area contributed by atoms with Crippen molar-refractivity contribution in [1.29, 1.82) is 0 Å². The number of hydrogen-bond acceptors (Lipinski definition) is 6. The molecule has 0 radical (unpaired) electrons. The molecule has 3 aliphatic rings. The molecule has 6 atom stereocenters.